The number of carbonyl (C=O) groups excluding carboxylic acids is 4. The van der Waals surface area contributed by atoms with Crippen LogP contribution in [-0.2, 0) is 22.4 Å². The van der Waals surface area contributed by atoms with Gasteiger partial charge in [-0.05, 0) is 78.1 Å². The van der Waals surface area contributed by atoms with E-state index in [4.69, 9.17) is 10.2 Å². The molecule has 4 aromatic rings. The highest BCUT2D eigenvalue weighted by Crippen LogP contribution is 2.51. The second-order valence-corrected chi connectivity index (χ2v) is 17.5. The van der Waals surface area contributed by atoms with Gasteiger partial charge in [0.1, 0.15) is 0 Å². The molecule has 18 heteroatoms. The van der Waals surface area contributed by atoms with Gasteiger partial charge in [-0.1, -0.05) is 12.8 Å². The summed E-state index contributed by atoms with van der Waals surface area (Å²) in [5, 5.41) is 49.2. The molecule has 4 amide bonds. The lowest BCUT2D eigenvalue weighted by Crippen LogP contribution is -2.46. The third-order valence-corrected chi connectivity index (χ3v) is 12.4. The summed E-state index contributed by atoms with van der Waals surface area (Å²) < 4.78 is 4.19. The standard InChI is InChI=1S/C40H50N12O6/c1-39(2,19-27(53)41-5)45-37(55)29-25-17-21-9-7-11-23(21)31(25)51(47-29)35-33(49(57)15-13-43-35)34-36(44-14-16-50(34)58)52-32-24-12-8-10-22(24)18-26(32)30(48-52)38(56)46-40(3,4)20-28(54)42-6/h13-16,21-24H,7-12,17-20H2,1-6H3,(H,41,53)(H,42,54)(H,45,55)(H,46,56)/t21-,22-,23-,24-/m0/s1. The number of nitrogens with zero attached hydrogens (tertiary/aromatic N) is 8. The maximum atomic E-state index is 14.1. The number of hydrogen-bond acceptors (Lipinski definition) is 10. The number of amides is 4. The van der Waals surface area contributed by atoms with E-state index in [1.54, 1.807) is 51.2 Å². The Kier molecular flexibility index (Phi) is 9.70. The van der Waals surface area contributed by atoms with Gasteiger partial charge in [0.05, 0.1) is 23.8 Å². The van der Waals surface area contributed by atoms with Gasteiger partial charge in [-0.15, -0.1) is 0 Å². The van der Waals surface area contributed by atoms with E-state index in [9.17, 15) is 29.6 Å². The van der Waals surface area contributed by atoms with Gasteiger partial charge in [-0.3, -0.25) is 19.2 Å². The Morgan fingerprint density at radius 3 is 1.47 bits per heavy atom. The van der Waals surface area contributed by atoms with Gasteiger partial charge >= 0.3 is 11.4 Å². The molecule has 0 aliphatic heterocycles. The Morgan fingerprint density at radius 2 is 1.09 bits per heavy atom. The van der Waals surface area contributed by atoms with E-state index in [0.717, 1.165) is 61.0 Å². The summed E-state index contributed by atoms with van der Waals surface area (Å²) in [6.07, 6.45) is 12.0. The number of carbonyl (C=O) groups is 4. The van der Waals surface area contributed by atoms with E-state index in [0.29, 0.717) is 22.3 Å². The van der Waals surface area contributed by atoms with Crippen LogP contribution in [0.5, 0.6) is 0 Å². The summed E-state index contributed by atoms with van der Waals surface area (Å²) in [5.74, 6) is -0.647. The first-order valence-electron chi connectivity index (χ1n) is 20.1. The molecule has 0 unspecified atom stereocenters. The van der Waals surface area contributed by atoms with Gasteiger partial charge in [-0.25, -0.2) is 19.3 Å². The molecule has 4 atom stereocenters. The Balaban J connectivity index is 1.27. The maximum absolute atomic E-state index is 14.1. The van der Waals surface area contributed by atoms with Crippen LogP contribution in [0.2, 0.25) is 0 Å². The summed E-state index contributed by atoms with van der Waals surface area (Å²) in [4.78, 5) is 62.0. The summed E-state index contributed by atoms with van der Waals surface area (Å²) in [5.41, 5.74) is 1.31. The molecule has 0 saturated heterocycles. The van der Waals surface area contributed by atoms with Gasteiger partial charge in [-0.2, -0.15) is 19.7 Å². The lowest BCUT2D eigenvalue weighted by Gasteiger charge is -2.25. The van der Waals surface area contributed by atoms with Crippen molar-refractivity contribution in [1.29, 1.82) is 0 Å². The van der Waals surface area contributed by atoms with E-state index in [-0.39, 0.29) is 82.7 Å². The normalized spacial score (nSPS) is 20.6. The predicted molar refractivity (Wildman–Crippen MR) is 208 cm³/mol. The fraction of sp³-hybridized carbons (Fsp3) is 0.550. The molecule has 0 radical (unpaired) electrons. The molecule has 58 heavy (non-hydrogen) atoms. The molecule has 306 valence electrons. The Morgan fingerprint density at radius 1 is 0.690 bits per heavy atom. The second-order valence-electron chi connectivity index (χ2n) is 17.5. The minimum atomic E-state index is -0.896. The zero-order valence-corrected chi connectivity index (χ0v) is 33.7. The third-order valence-electron chi connectivity index (χ3n) is 12.4. The monoisotopic (exact) mass is 794 g/mol. The molecule has 2 fully saturated rings. The lowest BCUT2D eigenvalue weighted by atomic mass is 9.99. The van der Waals surface area contributed by atoms with Crippen molar-refractivity contribution in [1.82, 2.24) is 50.8 Å². The lowest BCUT2D eigenvalue weighted by molar-refractivity contribution is -0.625. The molecule has 0 bridgehead atoms. The molecule has 4 N–H and O–H groups in total. The zero-order chi connectivity index (χ0) is 41.3. The molecule has 8 rings (SSSR count). The highest BCUT2D eigenvalue weighted by molar-refractivity contribution is 5.96. The van der Waals surface area contributed by atoms with Crippen LogP contribution in [0.25, 0.3) is 23.0 Å². The molecule has 4 aliphatic carbocycles. The Hall–Kier alpha value is -5.94. The van der Waals surface area contributed by atoms with Crippen molar-refractivity contribution < 1.29 is 28.6 Å². The summed E-state index contributed by atoms with van der Waals surface area (Å²) in [6.45, 7) is 7.06. The van der Waals surface area contributed by atoms with E-state index in [1.165, 1.54) is 24.8 Å². The Bertz CT molecular complexity index is 2190. The van der Waals surface area contributed by atoms with Crippen molar-refractivity contribution in [2.24, 2.45) is 11.8 Å². The maximum Gasteiger partial charge on any atom is 0.339 e. The molecule has 4 aromatic heterocycles. The van der Waals surface area contributed by atoms with Gasteiger partial charge in [0.2, 0.25) is 23.5 Å². The van der Waals surface area contributed by atoms with E-state index in [1.807, 2.05) is 0 Å². The SMILES string of the molecule is CNC(=O)CC(C)(C)NC(=O)c1nn(-c2ncc[n+]([O-])c2-c2c(-n3nc(C(=O)NC(C)(C)CC(=O)NC)c4c3[C@H]3CCC[C@H]3C4)ncc[n+]2[O-])c2c1C[C@@H]1CCC[C@H]21. The van der Waals surface area contributed by atoms with Crippen molar-refractivity contribution in [3.63, 3.8) is 0 Å². The van der Waals surface area contributed by atoms with Gasteiger partial charge in [0, 0.05) is 61.0 Å². The van der Waals surface area contributed by atoms with Gasteiger partial charge in [0.25, 0.3) is 11.8 Å². The summed E-state index contributed by atoms with van der Waals surface area (Å²) in [6, 6.07) is 0. The highest BCUT2D eigenvalue weighted by Gasteiger charge is 2.47. The minimum absolute atomic E-state index is 0.0419. The first-order valence-corrected chi connectivity index (χ1v) is 20.1. The fourth-order valence-electron chi connectivity index (χ4n) is 9.91. The molecule has 2 saturated carbocycles. The van der Waals surface area contributed by atoms with E-state index in [2.05, 4.69) is 31.2 Å². The van der Waals surface area contributed by atoms with Crippen LogP contribution < -0.4 is 30.7 Å². The number of hydrogen-bond donors (Lipinski definition) is 4. The first kappa shape index (κ1) is 38.9. The molecule has 0 spiro atoms. The predicted octanol–water partition coefficient (Wildman–Crippen LogP) is 1.95. The molecule has 4 heterocycles. The van der Waals surface area contributed by atoms with Crippen LogP contribution in [0.4, 0.5) is 0 Å². The quantitative estimate of drug-likeness (QED) is 0.127. The minimum Gasteiger partial charge on any atom is -0.618 e. The topological polar surface area (TPSA) is 232 Å². The second kappa shape index (κ2) is 14.5. The van der Waals surface area contributed by atoms with Crippen LogP contribution in [0.1, 0.15) is 134 Å². The van der Waals surface area contributed by atoms with Crippen molar-refractivity contribution in [2.75, 3.05) is 14.1 Å². The van der Waals surface area contributed by atoms with E-state index < -0.39 is 22.9 Å². The van der Waals surface area contributed by atoms with Crippen molar-refractivity contribution in [3.8, 4) is 23.0 Å². The highest BCUT2D eigenvalue weighted by atomic mass is 16.5. The summed E-state index contributed by atoms with van der Waals surface area (Å²) in [7, 11) is 3.08. The van der Waals surface area contributed by atoms with Crippen LogP contribution in [0.15, 0.2) is 24.8 Å². The molecule has 0 aromatic carbocycles. The Labute approximate surface area is 335 Å². The molecule has 4 aliphatic rings. The fourth-order valence-corrected chi connectivity index (χ4v) is 9.91. The average Bonchev–Trinajstić information content (AvgIpc) is 4.00. The van der Waals surface area contributed by atoms with Gasteiger partial charge < -0.3 is 31.7 Å². The number of rotatable bonds is 11. The van der Waals surface area contributed by atoms with Crippen molar-refractivity contribution >= 4 is 23.6 Å². The van der Waals surface area contributed by atoms with Crippen molar-refractivity contribution in [3.05, 3.63) is 69.1 Å². The number of fused-ring (bicyclic) bond motifs is 6. The summed E-state index contributed by atoms with van der Waals surface area (Å²) >= 11 is 0. The smallest absolute Gasteiger partial charge is 0.339 e. The zero-order valence-electron chi connectivity index (χ0n) is 33.7. The molecular weight excluding hydrogens is 745 g/mol. The van der Waals surface area contributed by atoms with Crippen molar-refractivity contribution in [2.45, 2.75) is 115 Å². The molecular formula is C40H50N12O6. The van der Waals surface area contributed by atoms with Crippen LogP contribution >= 0.6 is 0 Å². The molecule has 18 nitrogen and oxygen atoms in total. The van der Waals surface area contributed by atoms with Crippen LogP contribution in [0, 0.1) is 22.3 Å². The van der Waals surface area contributed by atoms with Crippen LogP contribution in [0.3, 0.4) is 0 Å². The van der Waals surface area contributed by atoms with Gasteiger partial charge in [0.15, 0.2) is 23.8 Å². The van der Waals surface area contributed by atoms with Crippen LogP contribution in [-0.4, -0.2) is 78.3 Å². The average molecular weight is 795 g/mol. The number of nitrogens with one attached hydrogen (secondary N) is 4. The van der Waals surface area contributed by atoms with E-state index >= 15 is 0 Å². The first-order chi connectivity index (χ1) is 27.6. The largest absolute Gasteiger partial charge is 0.618 e. The number of aromatic nitrogens is 8. The third kappa shape index (κ3) is 6.70.